The SMILES string of the molecule is O[C@H](COc1cccc(CNCCCn2cccn2)c1)CN1CCc2ccccc2C1. The Balaban J connectivity index is 1.16. The predicted molar refractivity (Wildman–Crippen MR) is 122 cm³/mol. The molecule has 1 aliphatic heterocycles. The lowest BCUT2D eigenvalue weighted by Gasteiger charge is -2.30. The van der Waals surface area contributed by atoms with Gasteiger partial charge in [0.1, 0.15) is 18.5 Å². The third kappa shape index (κ3) is 6.66. The van der Waals surface area contributed by atoms with Crippen LogP contribution in [0.3, 0.4) is 0 Å². The Bertz CT molecular complexity index is 929. The number of aryl methyl sites for hydroxylation is 1. The van der Waals surface area contributed by atoms with Crippen molar-refractivity contribution in [2.75, 3.05) is 26.2 Å². The van der Waals surface area contributed by atoms with Crippen LogP contribution in [0.15, 0.2) is 67.0 Å². The molecule has 0 fully saturated rings. The molecule has 31 heavy (non-hydrogen) atoms. The van der Waals surface area contributed by atoms with Crippen LogP contribution >= 0.6 is 0 Å². The van der Waals surface area contributed by atoms with Crippen LogP contribution < -0.4 is 10.1 Å². The molecule has 6 heteroatoms. The second kappa shape index (κ2) is 11.1. The quantitative estimate of drug-likeness (QED) is 0.467. The molecule has 0 saturated heterocycles. The Morgan fingerprint density at radius 3 is 2.87 bits per heavy atom. The Morgan fingerprint density at radius 2 is 2.00 bits per heavy atom. The third-order valence-corrected chi connectivity index (χ3v) is 5.65. The zero-order valence-corrected chi connectivity index (χ0v) is 18.0. The van der Waals surface area contributed by atoms with Gasteiger partial charge in [0.2, 0.25) is 0 Å². The van der Waals surface area contributed by atoms with Crippen molar-refractivity contribution >= 4 is 0 Å². The van der Waals surface area contributed by atoms with Crippen molar-refractivity contribution < 1.29 is 9.84 Å². The van der Waals surface area contributed by atoms with Crippen LogP contribution in [-0.2, 0) is 26.1 Å². The molecule has 2 N–H and O–H groups in total. The molecule has 0 unspecified atom stereocenters. The molecule has 2 aromatic carbocycles. The molecule has 0 spiro atoms. The standard InChI is InChI=1S/C25H32N4O2/c30-24(19-28-15-10-22-7-1-2-8-23(22)18-28)20-31-25-9-3-6-21(16-25)17-26-11-4-13-29-14-5-12-27-29/h1-3,5-9,12,14,16,24,26,30H,4,10-11,13,15,17-20H2/t24-/m0/s1. The lowest BCUT2D eigenvalue weighted by atomic mass is 10.00. The maximum atomic E-state index is 10.5. The van der Waals surface area contributed by atoms with Crippen LogP contribution in [-0.4, -0.2) is 52.1 Å². The highest BCUT2D eigenvalue weighted by molar-refractivity contribution is 5.29. The molecule has 0 radical (unpaired) electrons. The van der Waals surface area contributed by atoms with Crippen molar-refractivity contribution in [3.05, 3.63) is 83.7 Å². The maximum Gasteiger partial charge on any atom is 0.119 e. The summed E-state index contributed by atoms with van der Waals surface area (Å²) in [7, 11) is 0. The Labute approximate surface area is 184 Å². The summed E-state index contributed by atoms with van der Waals surface area (Å²) in [6.07, 6.45) is 5.36. The van der Waals surface area contributed by atoms with Gasteiger partial charge in [-0.25, -0.2) is 0 Å². The van der Waals surface area contributed by atoms with Gasteiger partial charge in [0.15, 0.2) is 0 Å². The molecule has 0 saturated carbocycles. The van der Waals surface area contributed by atoms with Crippen LogP contribution in [0.2, 0.25) is 0 Å². The first-order valence-electron chi connectivity index (χ1n) is 11.1. The van der Waals surface area contributed by atoms with Gasteiger partial charge in [-0.1, -0.05) is 36.4 Å². The van der Waals surface area contributed by atoms with Crippen LogP contribution in [0, 0.1) is 0 Å². The van der Waals surface area contributed by atoms with E-state index in [-0.39, 0.29) is 0 Å². The van der Waals surface area contributed by atoms with Crippen molar-refractivity contribution in [3.8, 4) is 5.75 Å². The van der Waals surface area contributed by atoms with Gasteiger partial charge in [-0.05, 0) is 54.3 Å². The minimum atomic E-state index is -0.505. The number of hydrogen-bond donors (Lipinski definition) is 2. The fraction of sp³-hybridized carbons (Fsp3) is 0.400. The smallest absolute Gasteiger partial charge is 0.119 e. The van der Waals surface area contributed by atoms with E-state index in [1.807, 2.05) is 35.1 Å². The molecule has 2 heterocycles. The van der Waals surface area contributed by atoms with Gasteiger partial charge in [-0.3, -0.25) is 9.58 Å². The number of hydrogen-bond acceptors (Lipinski definition) is 5. The Hall–Kier alpha value is -2.67. The number of rotatable bonds is 11. The largest absolute Gasteiger partial charge is 0.491 e. The highest BCUT2D eigenvalue weighted by Crippen LogP contribution is 2.19. The van der Waals surface area contributed by atoms with Crippen molar-refractivity contribution in [2.24, 2.45) is 0 Å². The zero-order valence-electron chi connectivity index (χ0n) is 18.0. The normalized spacial score (nSPS) is 14.9. The van der Waals surface area contributed by atoms with Crippen molar-refractivity contribution in [2.45, 2.75) is 38.6 Å². The second-order valence-corrected chi connectivity index (χ2v) is 8.17. The molecule has 0 bridgehead atoms. The molecular formula is C25H32N4O2. The van der Waals surface area contributed by atoms with Crippen molar-refractivity contribution in [3.63, 3.8) is 0 Å². The van der Waals surface area contributed by atoms with Gasteiger partial charge in [0.25, 0.3) is 0 Å². The lowest BCUT2D eigenvalue weighted by Crippen LogP contribution is -2.38. The summed E-state index contributed by atoms with van der Waals surface area (Å²) in [6.45, 7) is 5.47. The molecule has 0 amide bonds. The fourth-order valence-electron chi connectivity index (χ4n) is 4.03. The van der Waals surface area contributed by atoms with Crippen LogP contribution in [0.5, 0.6) is 5.75 Å². The Morgan fingerprint density at radius 1 is 1.10 bits per heavy atom. The minimum absolute atomic E-state index is 0.304. The van der Waals surface area contributed by atoms with E-state index < -0.39 is 6.10 Å². The molecule has 164 valence electrons. The minimum Gasteiger partial charge on any atom is -0.491 e. The summed E-state index contributed by atoms with van der Waals surface area (Å²) in [5.41, 5.74) is 3.97. The lowest BCUT2D eigenvalue weighted by molar-refractivity contribution is 0.0637. The van der Waals surface area contributed by atoms with E-state index >= 15 is 0 Å². The number of nitrogens with zero attached hydrogens (tertiary/aromatic N) is 3. The molecule has 1 aliphatic rings. The number of aliphatic hydroxyl groups excluding tert-OH is 1. The summed E-state index contributed by atoms with van der Waals surface area (Å²) in [4.78, 5) is 2.31. The highest BCUT2D eigenvalue weighted by atomic mass is 16.5. The first-order valence-corrected chi connectivity index (χ1v) is 11.1. The van der Waals surface area contributed by atoms with Gasteiger partial charge in [0.05, 0.1) is 0 Å². The number of fused-ring (bicyclic) bond motifs is 1. The first-order chi connectivity index (χ1) is 15.3. The van der Waals surface area contributed by atoms with Gasteiger partial charge in [0, 0.05) is 45.1 Å². The van der Waals surface area contributed by atoms with Gasteiger partial charge in [-0.2, -0.15) is 5.10 Å². The van der Waals surface area contributed by atoms with E-state index in [1.54, 1.807) is 6.20 Å². The number of nitrogens with one attached hydrogen (secondary N) is 1. The fourth-order valence-corrected chi connectivity index (χ4v) is 4.03. The summed E-state index contributed by atoms with van der Waals surface area (Å²) in [5.74, 6) is 0.805. The van der Waals surface area contributed by atoms with Crippen molar-refractivity contribution in [1.29, 1.82) is 0 Å². The molecular weight excluding hydrogens is 388 g/mol. The number of β-amino-alcohol motifs (C(OH)–C–C–N with tert-alkyl or cyclic N) is 1. The number of aliphatic hydroxyl groups is 1. The topological polar surface area (TPSA) is 62.6 Å². The number of benzene rings is 2. The van der Waals surface area contributed by atoms with Crippen LogP contribution in [0.4, 0.5) is 0 Å². The van der Waals surface area contributed by atoms with Crippen LogP contribution in [0.1, 0.15) is 23.1 Å². The van der Waals surface area contributed by atoms with E-state index in [1.165, 1.54) is 16.7 Å². The number of aromatic nitrogens is 2. The van der Waals surface area contributed by atoms with E-state index in [0.29, 0.717) is 13.2 Å². The summed E-state index contributed by atoms with van der Waals surface area (Å²) < 4.78 is 7.83. The molecule has 1 aromatic heterocycles. The first kappa shape index (κ1) is 21.6. The molecule has 1 atom stereocenters. The molecule has 4 rings (SSSR count). The van der Waals surface area contributed by atoms with E-state index in [4.69, 9.17) is 4.74 Å². The third-order valence-electron chi connectivity index (χ3n) is 5.65. The summed E-state index contributed by atoms with van der Waals surface area (Å²) in [5, 5.41) is 18.2. The molecule has 0 aliphatic carbocycles. The maximum absolute atomic E-state index is 10.5. The molecule has 3 aromatic rings. The monoisotopic (exact) mass is 420 g/mol. The van der Waals surface area contributed by atoms with Gasteiger partial charge in [-0.15, -0.1) is 0 Å². The van der Waals surface area contributed by atoms with E-state index in [9.17, 15) is 5.11 Å². The van der Waals surface area contributed by atoms with Gasteiger partial charge < -0.3 is 15.2 Å². The summed E-state index contributed by atoms with van der Waals surface area (Å²) >= 11 is 0. The molecule has 6 nitrogen and oxygen atoms in total. The van der Waals surface area contributed by atoms with Crippen molar-refractivity contribution in [1.82, 2.24) is 20.0 Å². The predicted octanol–water partition coefficient (Wildman–Crippen LogP) is 2.86. The highest BCUT2D eigenvalue weighted by Gasteiger charge is 2.18. The van der Waals surface area contributed by atoms with Crippen LogP contribution in [0.25, 0.3) is 0 Å². The summed E-state index contributed by atoms with van der Waals surface area (Å²) in [6, 6.07) is 18.6. The second-order valence-electron chi connectivity index (χ2n) is 8.17. The van der Waals surface area contributed by atoms with E-state index in [0.717, 1.165) is 51.3 Å². The Kier molecular flexibility index (Phi) is 7.71. The average molecular weight is 421 g/mol. The number of ether oxygens (including phenoxy) is 1. The average Bonchev–Trinajstić information content (AvgIpc) is 3.31. The zero-order chi connectivity index (χ0) is 21.3. The van der Waals surface area contributed by atoms with E-state index in [2.05, 4.69) is 45.6 Å². The van der Waals surface area contributed by atoms with Gasteiger partial charge >= 0.3 is 0 Å².